The lowest BCUT2D eigenvalue weighted by Gasteiger charge is -2.00. The molecule has 0 radical (unpaired) electrons. The smallest absolute Gasteiger partial charge is 0.158 e. The first-order valence-corrected chi connectivity index (χ1v) is 5.61. The zero-order chi connectivity index (χ0) is 11.0. The zero-order valence-electron chi connectivity index (χ0n) is 9.89. The molecule has 0 bridgehead atoms. The SMILES string of the molecule is C/C=C\C1=C(C)C(=O)CCCC1.CC. The highest BCUT2D eigenvalue weighted by Gasteiger charge is 2.12. The van der Waals surface area contributed by atoms with Gasteiger partial charge in [0, 0.05) is 6.42 Å². The molecule has 1 aliphatic rings. The van der Waals surface area contributed by atoms with Crippen molar-refractivity contribution in [3.05, 3.63) is 23.3 Å². The number of hydrogen-bond donors (Lipinski definition) is 0. The largest absolute Gasteiger partial charge is 0.295 e. The van der Waals surface area contributed by atoms with Crippen LogP contribution >= 0.6 is 0 Å². The Hall–Kier alpha value is -0.850. The van der Waals surface area contributed by atoms with Gasteiger partial charge >= 0.3 is 0 Å². The van der Waals surface area contributed by atoms with E-state index in [0.717, 1.165) is 31.3 Å². The highest BCUT2D eigenvalue weighted by Crippen LogP contribution is 2.21. The van der Waals surface area contributed by atoms with Gasteiger partial charge in [0.25, 0.3) is 0 Å². The van der Waals surface area contributed by atoms with Crippen LogP contribution in [-0.4, -0.2) is 5.78 Å². The number of rotatable bonds is 1. The zero-order valence-corrected chi connectivity index (χ0v) is 9.89. The first-order valence-electron chi connectivity index (χ1n) is 5.61. The molecule has 1 rings (SSSR count). The molecule has 0 aliphatic heterocycles. The Balaban J connectivity index is 0.000000791. The summed E-state index contributed by atoms with van der Waals surface area (Å²) < 4.78 is 0. The molecule has 1 aliphatic carbocycles. The number of carbonyl (C=O) groups excluding carboxylic acids is 1. The highest BCUT2D eigenvalue weighted by atomic mass is 16.1. The van der Waals surface area contributed by atoms with Gasteiger partial charge in [0.05, 0.1) is 0 Å². The van der Waals surface area contributed by atoms with Crippen molar-refractivity contribution in [2.45, 2.75) is 53.4 Å². The van der Waals surface area contributed by atoms with E-state index in [1.165, 1.54) is 5.57 Å². The van der Waals surface area contributed by atoms with E-state index in [1.54, 1.807) is 0 Å². The normalized spacial score (nSPS) is 17.9. The van der Waals surface area contributed by atoms with Crippen molar-refractivity contribution in [2.24, 2.45) is 0 Å². The monoisotopic (exact) mass is 194 g/mol. The molecule has 0 heterocycles. The Bertz CT molecular complexity index is 234. The molecule has 0 aromatic carbocycles. The van der Waals surface area contributed by atoms with Crippen molar-refractivity contribution in [3.63, 3.8) is 0 Å². The van der Waals surface area contributed by atoms with Gasteiger partial charge < -0.3 is 0 Å². The van der Waals surface area contributed by atoms with Crippen LogP contribution in [0.1, 0.15) is 53.4 Å². The Morgan fingerprint density at radius 1 is 1.14 bits per heavy atom. The first kappa shape index (κ1) is 13.2. The lowest BCUT2D eigenvalue weighted by molar-refractivity contribution is -0.115. The Morgan fingerprint density at radius 3 is 2.29 bits per heavy atom. The van der Waals surface area contributed by atoms with E-state index in [-0.39, 0.29) is 0 Å². The average Bonchev–Trinajstić information content (AvgIpc) is 2.37. The standard InChI is InChI=1S/C11H16O.C2H6/c1-3-6-10-7-4-5-8-11(12)9(10)2;1-2/h3,6H,4-5,7-8H2,1-2H3;1-2H3/b6-3-;. The molecule has 0 fully saturated rings. The number of ketones is 1. The van der Waals surface area contributed by atoms with E-state index in [2.05, 4.69) is 6.08 Å². The molecule has 80 valence electrons. The van der Waals surface area contributed by atoms with Gasteiger partial charge in [-0.3, -0.25) is 4.79 Å². The van der Waals surface area contributed by atoms with Crippen LogP contribution in [0.4, 0.5) is 0 Å². The summed E-state index contributed by atoms with van der Waals surface area (Å²) in [5.41, 5.74) is 2.21. The van der Waals surface area contributed by atoms with Crippen LogP contribution in [-0.2, 0) is 4.79 Å². The highest BCUT2D eigenvalue weighted by molar-refractivity contribution is 5.96. The fraction of sp³-hybridized carbons (Fsp3) is 0.615. The molecular formula is C13H22O. The van der Waals surface area contributed by atoms with Crippen LogP contribution < -0.4 is 0 Å². The third-order valence-corrected chi connectivity index (χ3v) is 2.37. The van der Waals surface area contributed by atoms with Gasteiger partial charge in [-0.25, -0.2) is 0 Å². The lowest BCUT2D eigenvalue weighted by Crippen LogP contribution is -1.98. The summed E-state index contributed by atoms with van der Waals surface area (Å²) in [5, 5.41) is 0. The molecule has 0 aromatic heterocycles. The van der Waals surface area contributed by atoms with Gasteiger partial charge in [-0.1, -0.05) is 26.0 Å². The third kappa shape index (κ3) is 3.91. The summed E-state index contributed by atoms with van der Waals surface area (Å²) in [4.78, 5) is 11.4. The van der Waals surface area contributed by atoms with Crippen LogP contribution in [0.3, 0.4) is 0 Å². The van der Waals surface area contributed by atoms with E-state index in [0.29, 0.717) is 5.78 Å². The Labute approximate surface area is 87.9 Å². The summed E-state index contributed by atoms with van der Waals surface area (Å²) in [6, 6.07) is 0. The van der Waals surface area contributed by atoms with E-state index in [4.69, 9.17) is 0 Å². The number of carbonyl (C=O) groups is 1. The average molecular weight is 194 g/mol. The summed E-state index contributed by atoms with van der Waals surface area (Å²) in [6.07, 6.45) is 8.10. The third-order valence-electron chi connectivity index (χ3n) is 2.37. The molecule has 14 heavy (non-hydrogen) atoms. The second kappa shape index (κ2) is 7.54. The van der Waals surface area contributed by atoms with Crippen LogP contribution in [0.15, 0.2) is 23.3 Å². The van der Waals surface area contributed by atoms with Gasteiger partial charge in [0.1, 0.15) is 0 Å². The van der Waals surface area contributed by atoms with Crippen molar-refractivity contribution in [1.29, 1.82) is 0 Å². The molecule has 0 amide bonds. The molecular weight excluding hydrogens is 172 g/mol. The van der Waals surface area contributed by atoms with Gasteiger partial charge in [-0.15, -0.1) is 0 Å². The number of allylic oxidation sites excluding steroid dienone is 4. The second-order valence-corrected chi connectivity index (χ2v) is 3.28. The molecule has 1 nitrogen and oxygen atoms in total. The maximum absolute atomic E-state index is 11.4. The Kier molecular flexibility index (Phi) is 7.09. The van der Waals surface area contributed by atoms with Gasteiger partial charge in [0.2, 0.25) is 0 Å². The van der Waals surface area contributed by atoms with E-state index in [9.17, 15) is 4.79 Å². The predicted octanol–water partition coefficient (Wildman–Crippen LogP) is 4.05. The molecule has 0 spiro atoms. The fourth-order valence-corrected chi connectivity index (χ4v) is 1.56. The van der Waals surface area contributed by atoms with Crippen molar-refractivity contribution in [3.8, 4) is 0 Å². The summed E-state index contributed by atoms with van der Waals surface area (Å²) >= 11 is 0. The molecule has 1 heteroatoms. The maximum Gasteiger partial charge on any atom is 0.158 e. The van der Waals surface area contributed by atoms with Crippen LogP contribution in [0.2, 0.25) is 0 Å². The van der Waals surface area contributed by atoms with Crippen LogP contribution in [0.25, 0.3) is 0 Å². The molecule has 0 atom stereocenters. The number of Topliss-reactive ketones (excluding diaryl/α,β-unsaturated/α-hetero) is 1. The fourth-order valence-electron chi connectivity index (χ4n) is 1.56. The first-order chi connectivity index (χ1) is 6.75. The summed E-state index contributed by atoms with van der Waals surface area (Å²) in [6.45, 7) is 7.94. The molecule has 0 saturated heterocycles. The number of hydrogen-bond acceptors (Lipinski definition) is 1. The predicted molar refractivity (Wildman–Crippen MR) is 62.3 cm³/mol. The van der Waals surface area contributed by atoms with Crippen molar-refractivity contribution >= 4 is 5.78 Å². The van der Waals surface area contributed by atoms with E-state index in [1.807, 2.05) is 33.8 Å². The lowest BCUT2D eigenvalue weighted by atomic mass is 10.0. The molecule has 0 unspecified atom stereocenters. The van der Waals surface area contributed by atoms with Crippen molar-refractivity contribution in [1.82, 2.24) is 0 Å². The van der Waals surface area contributed by atoms with E-state index < -0.39 is 0 Å². The summed E-state index contributed by atoms with van der Waals surface area (Å²) in [5.74, 6) is 0.334. The van der Waals surface area contributed by atoms with Gasteiger partial charge in [-0.05, 0) is 44.3 Å². The van der Waals surface area contributed by atoms with Gasteiger partial charge in [0.15, 0.2) is 5.78 Å². The van der Waals surface area contributed by atoms with Crippen molar-refractivity contribution in [2.75, 3.05) is 0 Å². The van der Waals surface area contributed by atoms with Crippen LogP contribution in [0, 0.1) is 0 Å². The Morgan fingerprint density at radius 2 is 1.71 bits per heavy atom. The van der Waals surface area contributed by atoms with Gasteiger partial charge in [-0.2, -0.15) is 0 Å². The minimum absolute atomic E-state index is 0.334. The maximum atomic E-state index is 11.4. The second-order valence-electron chi connectivity index (χ2n) is 3.28. The summed E-state index contributed by atoms with van der Waals surface area (Å²) in [7, 11) is 0. The van der Waals surface area contributed by atoms with Crippen LogP contribution in [0.5, 0.6) is 0 Å². The quantitative estimate of drug-likeness (QED) is 0.615. The minimum atomic E-state index is 0.334. The van der Waals surface area contributed by atoms with E-state index >= 15 is 0 Å². The molecule has 0 N–H and O–H groups in total. The van der Waals surface area contributed by atoms with Crippen molar-refractivity contribution < 1.29 is 4.79 Å². The topological polar surface area (TPSA) is 17.1 Å². The molecule has 0 saturated carbocycles. The minimum Gasteiger partial charge on any atom is -0.295 e. The molecule has 0 aromatic rings.